The average molecular weight is 343 g/mol. The molecule has 1 aromatic heterocycles. The molecule has 20 heavy (non-hydrogen) atoms. The molecule has 0 amide bonds. The Morgan fingerprint density at radius 1 is 1.40 bits per heavy atom. The van der Waals surface area contributed by atoms with Crippen LogP contribution in [0.4, 0.5) is 4.39 Å². The summed E-state index contributed by atoms with van der Waals surface area (Å²) in [5.74, 6) is 0. The molecule has 0 atom stereocenters. The van der Waals surface area contributed by atoms with E-state index in [2.05, 4.69) is 21.0 Å². The molecule has 0 radical (unpaired) electrons. The van der Waals surface area contributed by atoms with Crippen molar-refractivity contribution in [1.82, 2.24) is 14.3 Å². The van der Waals surface area contributed by atoms with E-state index in [4.69, 9.17) is 5.73 Å². The van der Waals surface area contributed by atoms with Crippen molar-refractivity contribution in [2.45, 2.75) is 14.0 Å². The van der Waals surface area contributed by atoms with Gasteiger partial charge in [-0.2, -0.15) is 5.10 Å². The zero-order valence-electron chi connectivity index (χ0n) is 9.96. The predicted octanol–water partition coefficient (Wildman–Crippen LogP) is 2.24. The number of hydrogen-bond acceptors (Lipinski definition) is 3. The van der Waals surface area contributed by atoms with Crippen LogP contribution in [-0.4, -0.2) is 20.9 Å². The quantitative estimate of drug-likeness (QED) is 0.926. The summed E-state index contributed by atoms with van der Waals surface area (Å²) in [4.78, 5) is 12.1. The highest BCUT2D eigenvalue weighted by atomic mass is 79.9. The molecular weight excluding hydrogens is 327 g/mol. The van der Waals surface area contributed by atoms with E-state index in [1.54, 1.807) is 12.1 Å². The van der Waals surface area contributed by atoms with Crippen molar-refractivity contribution >= 4 is 15.9 Å². The SMILES string of the molecule is C.NC/C(=C\F)Cn1ncn(-c2ccc(Br)cc2)c1=O. The van der Waals surface area contributed by atoms with E-state index in [-0.39, 0.29) is 26.2 Å². The summed E-state index contributed by atoms with van der Waals surface area (Å²) in [5, 5.41) is 3.94. The molecule has 0 saturated heterocycles. The molecule has 0 fully saturated rings. The molecule has 0 spiro atoms. The lowest BCUT2D eigenvalue weighted by Gasteiger charge is -2.02. The zero-order valence-corrected chi connectivity index (χ0v) is 11.5. The Morgan fingerprint density at radius 3 is 2.60 bits per heavy atom. The van der Waals surface area contributed by atoms with Gasteiger partial charge >= 0.3 is 5.69 Å². The van der Waals surface area contributed by atoms with E-state index in [0.717, 1.165) is 4.47 Å². The highest BCUT2D eigenvalue weighted by molar-refractivity contribution is 9.10. The van der Waals surface area contributed by atoms with Crippen LogP contribution in [0.3, 0.4) is 0 Å². The molecule has 108 valence electrons. The maximum absolute atomic E-state index is 12.5. The Kier molecular flexibility index (Phi) is 5.84. The maximum Gasteiger partial charge on any atom is 0.350 e. The Labute approximate surface area is 124 Å². The molecule has 7 heteroatoms. The van der Waals surface area contributed by atoms with Gasteiger partial charge < -0.3 is 5.73 Å². The van der Waals surface area contributed by atoms with Crippen LogP contribution in [0.1, 0.15) is 7.43 Å². The summed E-state index contributed by atoms with van der Waals surface area (Å²) in [7, 11) is 0. The van der Waals surface area contributed by atoms with Crippen LogP contribution in [0, 0.1) is 0 Å². The third-order valence-corrected chi connectivity index (χ3v) is 3.14. The first-order valence-corrected chi connectivity index (χ1v) is 6.33. The minimum absolute atomic E-state index is 0. The smallest absolute Gasteiger partial charge is 0.327 e. The van der Waals surface area contributed by atoms with E-state index in [1.165, 1.54) is 15.6 Å². The van der Waals surface area contributed by atoms with Crippen LogP contribution >= 0.6 is 15.9 Å². The van der Waals surface area contributed by atoms with Crippen molar-refractivity contribution in [2.75, 3.05) is 6.54 Å². The minimum atomic E-state index is -0.338. The van der Waals surface area contributed by atoms with Gasteiger partial charge in [0.2, 0.25) is 0 Å². The lowest BCUT2D eigenvalue weighted by atomic mass is 10.3. The number of nitrogens with two attached hydrogens (primary N) is 1. The van der Waals surface area contributed by atoms with E-state index in [1.807, 2.05) is 12.1 Å². The van der Waals surface area contributed by atoms with Gasteiger partial charge in [0.25, 0.3) is 0 Å². The fourth-order valence-corrected chi connectivity index (χ4v) is 1.82. The van der Waals surface area contributed by atoms with Gasteiger partial charge in [-0.1, -0.05) is 23.4 Å². The van der Waals surface area contributed by atoms with Crippen molar-refractivity contribution < 1.29 is 4.39 Å². The fraction of sp³-hybridized carbons (Fsp3) is 0.231. The van der Waals surface area contributed by atoms with Crippen LogP contribution < -0.4 is 11.4 Å². The highest BCUT2D eigenvalue weighted by Gasteiger charge is 2.08. The Hall–Kier alpha value is -1.73. The Morgan fingerprint density at radius 2 is 2.05 bits per heavy atom. The molecule has 2 N–H and O–H groups in total. The Balaban J connectivity index is 0.00000200. The van der Waals surface area contributed by atoms with Crippen LogP contribution in [0.15, 0.2) is 51.8 Å². The molecule has 2 aromatic rings. The highest BCUT2D eigenvalue weighted by Crippen LogP contribution is 2.12. The molecule has 0 saturated carbocycles. The lowest BCUT2D eigenvalue weighted by molar-refractivity contribution is 0.612. The molecule has 0 unspecified atom stereocenters. The summed E-state index contributed by atoms with van der Waals surface area (Å²) in [6.07, 6.45) is 1.81. The topological polar surface area (TPSA) is 65.8 Å². The number of halogens is 2. The summed E-state index contributed by atoms with van der Waals surface area (Å²) >= 11 is 3.32. The monoisotopic (exact) mass is 342 g/mol. The zero-order chi connectivity index (χ0) is 13.8. The van der Waals surface area contributed by atoms with Crippen LogP contribution in [-0.2, 0) is 6.54 Å². The Bertz CT molecular complexity index is 645. The second-order valence-corrected chi connectivity index (χ2v) is 4.80. The summed E-state index contributed by atoms with van der Waals surface area (Å²) in [5.41, 5.74) is 6.02. The van der Waals surface area contributed by atoms with Gasteiger partial charge in [0.15, 0.2) is 0 Å². The predicted molar refractivity (Wildman–Crippen MR) is 80.5 cm³/mol. The molecule has 5 nitrogen and oxygen atoms in total. The summed E-state index contributed by atoms with van der Waals surface area (Å²) in [6, 6.07) is 7.22. The van der Waals surface area contributed by atoms with Crippen molar-refractivity contribution in [1.29, 1.82) is 0 Å². The van der Waals surface area contributed by atoms with E-state index in [9.17, 15) is 9.18 Å². The van der Waals surface area contributed by atoms with Crippen LogP contribution in [0.5, 0.6) is 0 Å². The van der Waals surface area contributed by atoms with Gasteiger partial charge in [-0.3, -0.25) is 0 Å². The second kappa shape index (κ2) is 7.16. The summed E-state index contributed by atoms with van der Waals surface area (Å²) in [6.45, 7) is 0.101. The first kappa shape index (κ1) is 16.3. The van der Waals surface area contributed by atoms with Crippen molar-refractivity contribution in [3.63, 3.8) is 0 Å². The van der Waals surface area contributed by atoms with Crippen LogP contribution in [0.25, 0.3) is 5.69 Å². The maximum atomic E-state index is 12.5. The third-order valence-electron chi connectivity index (χ3n) is 2.61. The van der Waals surface area contributed by atoms with Gasteiger partial charge in [-0.15, -0.1) is 0 Å². The number of rotatable bonds is 4. The molecule has 0 aliphatic carbocycles. The van der Waals surface area contributed by atoms with Gasteiger partial charge in [0, 0.05) is 11.0 Å². The standard InChI is InChI=1S/C12H12BrFN4O.CH4/c13-10-1-3-11(4-2-10)17-8-16-18(12(17)19)7-9(5-14)6-15;/h1-5,8H,6-7,15H2;1H4/b9-5+;. The third kappa shape index (κ3) is 3.43. The van der Waals surface area contributed by atoms with Crippen LogP contribution in [0.2, 0.25) is 0 Å². The van der Waals surface area contributed by atoms with Gasteiger partial charge in [-0.25, -0.2) is 18.4 Å². The van der Waals surface area contributed by atoms with Gasteiger partial charge in [0.1, 0.15) is 6.33 Å². The molecule has 0 bridgehead atoms. The summed E-state index contributed by atoms with van der Waals surface area (Å²) < 4.78 is 15.9. The normalized spacial score (nSPS) is 11.2. The van der Waals surface area contributed by atoms with E-state index < -0.39 is 0 Å². The number of hydrogen-bond donors (Lipinski definition) is 1. The molecular formula is C13H16BrFN4O. The van der Waals surface area contributed by atoms with E-state index in [0.29, 0.717) is 17.6 Å². The number of aromatic nitrogens is 3. The second-order valence-electron chi connectivity index (χ2n) is 3.89. The number of benzene rings is 1. The van der Waals surface area contributed by atoms with Gasteiger partial charge in [-0.05, 0) is 29.8 Å². The molecule has 1 aromatic carbocycles. The molecule has 2 rings (SSSR count). The van der Waals surface area contributed by atoms with Gasteiger partial charge in [0.05, 0.1) is 18.6 Å². The lowest BCUT2D eigenvalue weighted by Crippen LogP contribution is -2.25. The molecule has 1 heterocycles. The first-order chi connectivity index (χ1) is 9.15. The number of nitrogens with zero attached hydrogens (tertiary/aromatic N) is 3. The molecule has 0 aliphatic heterocycles. The fourth-order valence-electron chi connectivity index (χ4n) is 1.56. The van der Waals surface area contributed by atoms with Crippen molar-refractivity contribution in [3.05, 3.63) is 57.5 Å². The largest absolute Gasteiger partial charge is 0.350 e. The van der Waals surface area contributed by atoms with E-state index >= 15 is 0 Å². The average Bonchev–Trinajstić information content (AvgIpc) is 2.78. The first-order valence-electron chi connectivity index (χ1n) is 5.54. The molecule has 0 aliphatic rings. The minimum Gasteiger partial charge on any atom is -0.327 e. The van der Waals surface area contributed by atoms with Crippen molar-refractivity contribution in [2.24, 2.45) is 5.73 Å². The van der Waals surface area contributed by atoms with Crippen molar-refractivity contribution in [3.8, 4) is 5.69 Å².